The van der Waals surface area contributed by atoms with Gasteiger partial charge in [0.2, 0.25) is 0 Å². The Balaban J connectivity index is 4.62. The maximum absolute atomic E-state index is 11.9. The molecule has 0 aliphatic rings. The summed E-state index contributed by atoms with van der Waals surface area (Å²) in [5, 5.41) is 14.0. The minimum atomic E-state index is -1.19. The molecule has 0 rings (SSSR count). The minimum absolute atomic E-state index is 0.134. The summed E-state index contributed by atoms with van der Waals surface area (Å²) < 4.78 is 14.9. The van der Waals surface area contributed by atoms with E-state index in [1.54, 1.807) is 41.5 Å². The Hall–Kier alpha value is -2.52. The second-order valence-corrected chi connectivity index (χ2v) is 8.54. The lowest BCUT2D eigenvalue weighted by Crippen LogP contribution is -2.44. The standard InChI is InChI=1S/C19H34N2O8/c1-18(2,3)28-16(25)20-12(14(22)23)10-8-9-11-13(15(24)27-7)21-17(26)29-19(4,5)6/h12-13H,8-11H2,1-7H3,(H,20,25)(H,21,26)(H,22,23)/t12-,13+/m1/s1. The molecule has 0 radical (unpaired) electrons. The molecule has 0 aliphatic heterocycles. The van der Waals surface area contributed by atoms with Gasteiger partial charge >= 0.3 is 24.1 Å². The van der Waals surface area contributed by atoms with Crippen LogP contribution in [0.3, 0.4) is 0 Å². The molecule has 0 aromatic rings. The van der Waals surface area contributed by atoms with Gasteiger partial charge in [0.25, 0.3) is 0 Å². The lowest BCUT2D eigenvalue weighted by atomic mass is 10.0. The first-order chi connectivity index (χ1) is 13.1. The number of ether oxygens (including phenoxy) is 3. The third-order valence-corrected chi connectivity index (χ3v) is 3.40. The smallest absolute Gasteiger partial charge is 0.408 e. The zero-order valence-electron chi connectivity index (χ0n) is 18.3. The lowest BCUT2D eigenvalue weighted by molar-refractivity contribution is -0.143. The molecule has 0 aromatic carbocycles. The van der Waals surface area contributed by atoms with E-state index in [4.69, 9.17) is 9.47 Å². The van der Waals surface area contributed by atoms with Gasteiger partial charge in [0.05, 0.1) is 7.11 Å². The number of carbonyl (C=O) groups is 4. The molecule has 0 saturated heterocycles. The summed E-state index contributed by atoms with van der Waals surface area (Å²) in [6.45, 7) is 10.1. The monoisotopic (exact) mass is 418 g/mol. The van der Waals surface area contributed by atoms with Crippen LogP contribution in [0.4, 0.5) is 9.59 Å². The summed E-state index contributed by atoms with van der Waals surface area (Å²) in [7, 11) is 1.21. The van der Waals surface area contributed by atoms with E-state index >= 15 is 0 Å². The topological polar surface area (TPSA) is 140 Å². The number of aliphatic carboxylic acids is 1. The molecule has 0 bridgehead atoms. The molecular formula is C19H34N2O8. The highest BCUT2D eigenvalue weighted by Crippen LogP contribution is 2.12. The van der Waals surface area contributed by atoms with Crippen molar-refractivity contribution in [1.82, 2.24) is 10.6 Å². The van der Waals surface area contributed by atoms with Crippen LogP contribution < -0.4 is 10.6 Å². The molecule has 3 N–H and O–H groups in total. The van der Waals surface area contributed by atoms with E-state index in [0.29, 0.717) is 12.8 Å². The van der Waals surface area contributed by atoms with E-state index in [-0.39, 0.29) is 12.8 Å². The molecule has 0 saturated carbocycles. The number of nitrogens with one attached hydrogen (secondary N) is 2. The van der Waals surface area contributed by atoms with Gasteiger partial charge in [-0.25, -0.2) is 19.2 Å². The highest BCUT2D eigenvalue weighted by molar-refractivity contribution is 5.81. The van der Waals surface area contributed by atoms with Crippen LogP contribution in [0.1, 0.15) is 67.2 Å². The fourth-order valence-corrected chi connectivity index (χ4v) is 2.25. The fraction of sp³-hybridized carbons (Fsp3) is 0.789. The van der Waals surface area contributed by atoms with Crippen LogP contribution in [0.2, 0.25) is 0 Å². The van der Waals surface area contributed by atoms with E-state index < -0.39 is 47.4 Å². The van der Waals surface area contributed by atoms with Crippen LogP contribution in [0.5, 0.6) is 0 Å². The Morgan fingerprint density at radius 1 is 0.793 bits per heavy atom. The number of hydrogen-bond donors (Lipinski definition) is 3. The summed E-state index contributed by atoms with van der Waals surface area (Å²) in [6, 6.07) is -2.04. The first-order valence-corrected chi connectivity index (χ1v) is 9.44. The zero-order chi connectivity index (χ0) is 22.8. The van der Waals surface area contributed by atoms with E-state index in [1.165, 1.54) is 7.11 Å². The molecule has 0 aromatic heterocycles. The highest BCUT2D eigenvalue weighted by atomic mass is 16.6. The van der Waals surface area contributed by atoms with Gasteiger partial charge in [-0.1, -0.05) is 12.8 Å². The molecule has 0 spiro atoms. The number of methoxy groups -OCH3 is 1. The van der Waals surface area contributed by atoms with Crippen LogP contribution in [0, 0.1) is 0 Å². The molecule has 29 heavy (non-hydrogen) atoms. The van der Waals surface area contributed by atoms with Crippen molar-refractivity contribution in [3.63, 3.8) is 0 Å². The quantitative estimate of drug-likeness (QED) is 0.295. The maximum Gasteiger partial charge on any atom is 0.408 e. The summed E-state index contributed by atoms with van der Waals surface area (Å²) >= 11 is 0. The Bertz CT molecular complexity index is 578. The van der Waals surface area contributed by atoms with Gasteiger partial charge in [-0.15, -0.1) is 0 Å². The largest absolute Gasteiger partial charge is 0.480 e. The van der Waals surface area contributed by atoms with Gasteiger partial charge < -0.3 is 30.0 Å². The molecule has 10 heteroatoms. The Labute approximate surface area is 171 Å². The molecule has 0 fully saturated rings. The number of esters is 1. The number of rotatable bonds is 9. The van der Waals surface area contributed by atoms with Crippen molar-refractivity contribution in [1.29, 1.82) is 0 Å². The summed E-state index contributed by atoms with van der Waals surface area (Å²) in [5.74, 6) is -1.82. The molecule has 168 valence electrons. The Morgan fingerprint density at radius 2 is 1.17 bits per heavy atom. The number of carbonyl (C=O) groups excluding carboxylic acids is 3. The molecular weight excluding hydrogens is 384 g/mol. The summed E-state index contributed by atoms with van der Waals surface area (Å²) in [5.41, 5.74) is -1.46. The first-order valence-electron chi connectivity index (χ1n) is 9.44. The van der Waals surface area contributed by atoms with Crippen molar-refractivity contribution in [2.75, 3.05) is 7.11 Å². The number of amides is 2. The van der Waals surface area contributed by atoms with Gasteiger partial charge in [0.15, 0.2) is 0 Å². The second kappa shape index (κ2) is 11.5. The van der Waals surface area contributed by atoms with Crippen LogP contribution >= 0.6 is 0 Å². The average molecular weight is 418 g/mol. The van der Waals surface area contributed by atoms with E-state index in [9.17, 15) is 24.3 Å². The molecule has 2 amide bonds. The van der Waals surface area contributed by atoms with Crippen molar-refractivity contribution in [3.05, 3.63) is 0 Å². The van der Waals surface area contributed by atoms with E-state index in [2.05, 4.69) is 15.4 Å². The number of carboxylic acids is 1. The Morgan fingerprint density at radius 3 is 1.52 bits per heavy atom. The number of carboxylic acid groups (broad SMARTS) is 1. The molecule has 0 aliphatic carbocycles. The van der Waals surface area contributed by atoms with Crippen LogP contribution in [-0.4, -0.2) is 59.6 Å². The third-order valence-electron chi connectivity index (χ3n) is 3.40. The predicted molar refractivity (Wildman–Crippen MR) is 104 cm³/mol. The van der Waals surface area contributed by atoms with Crippen LogP contribution in [0.15, 0.2) is 0 Å². The van der Waals surface area contributed by atoms with Crippen LogP contribution in [0.25, 0.3) is 0 Å². The number of hydrogen-bond acceptors (Lipinski definition) is 7. The lowest BCUT2D eigenvalue weighted by Gasteiger charge is -2.23. The SMILES string of the molecule is COC(=O)[C@H](CCCC[C@@H](NC(=O)OC(C)(C)C)C(=O)O)NC(=O)OC(C)(C)C. The molecule has 0 heterocycles. The minimum Gasteiger partial charge on any atom is -0.480 e. The molecule has 10 nitrogen and oxygen atoms in total. The van der Waals surface area contributed by atoms with Gasteiger partial charge in [0, 0.05) is 0 Å². The maximum atomic E-state index is 11.9. The fourth-order valence-electron chi connectivity index (χ4n) is 2.25. The summed E-state index contributed by atoms with van der Waals surface area (Å²) in [6.07, 6.45) is -0.405. The van der Waals surface area contributed by atoms with E-state index in [1.807, 2.05) is 0 Å². The molecule has 0 unspecified atom stereocenters. The zero-order valence-corrected chi connectivity index (χ0v) is 18.3. The van der Waals surface area contributed by atoms with Crippen molar-refractivity contribution in [3.8, 4) is 0 Å². The third kappa shape index (κ3) is 13.3. The summed E-state index contributed by atoms with van der Waals surface area (Å²) in [4.78, 5) is 46.8. The van der Waals surface area contributed by atoms with Gasteiger partial charge in [-0.3, -0.25) is 0 Å². The van der Waals surface area contributed by atoms with Crippen molar-refractivity contribution in [2.24, 2.45) is 0 Å². The molecule has 2 atom stereocenters. The van der Waals surface area contributed by atoms with Gasteiger partial charge in [-0.2, -0.15) is 0 Å². The first kappa shape index (κ1) is 26.5. The predicted octanol–water partition coefficient (Wildman–Crippen LogP) is 2.59. The Kier molecular flexibility index (Phi) is 10.5. The van der Waals surface area contributed by atoms with Crippen molar-refractivity contribution >= 4 is 24.1 Å². The highest BCUT2D eigenvalue weighted by Gasteiger charge is 2.26. The number of unbranched alkanes of at least 4 members (excludes halogenated alkanes) is 1. The second-order valence-electron chi connectivity index (χ2n) is 8.54. The average Bonchev–Trinajstić information content (AvgIpc) is 2.51. The van der Waals surface area contributed by atoms with Crippen molar-refractivity contribution < 1.29 is 38.5 Å². The number of alkyl carbamates (subject to hydrolysis) is 2. The van der Waals surface area contributed by atoms with Gasteiger partial charge in [-0.05, 0) is 54.4 Å². The van der Waals surface area contributed by atoms with Gasteiger partial charge in [0.1, 0.15) is 23.3 Å². The van der Waals surface area contributed by atoms with Crippen LogP contribution in [-0.2, 0) is 23.8 Å². The van der Waals surface area contributed by atoms with E-state index in [0.717, 1.165) is 0 Å². The van der Waals surface area contributed by atoms with Crippen molar-refractivity contribution in [2.45, 2.75) is 90.5 Å². The normalized spacial score (nSPS) is 13.6.